The molecule has 0 fully saturated rings. The fourth-order valence-electron chi connectivity index (χ4n) is 2.29. The van der Waals surface area contributed by atoms with Crippen molar-refractivity contribution in [1.29, 1.82) is 0 Å². The van der Waals surface area contributed by atoms with Gasteiger partial charge in [0.25, 0.3) is 0 Å². The third-order valence-corrected chi connectivity index (χ3v) is 5.09. The van der Waals surface area contributed by atoms with Crippen LogP contribution >= 0.6 is 0 Å². The summed E-state index contributed by atoms with van der Waals surface area (Å²) in [5.41, 5.74) is 6.48. The molecule has 0 aliphatic carbocycles. The Balaban J connectivity index is -0.000000199. The zero-order valence-corrected chi connectivity index (χ0v) is 24.0. The van der Waals surface area contributed by atoms with Crippen LogP contribution in [-0.2, 0) is 0 Å². The van der Waals surface area contributed by atoms with Gasteiger partial charge in [0.15, 0.2) is 0 Å². The Hall–Kier alpha value is -2.28. The van der Waals surface area contributed by atoms with E-state index in [1.54, 1.807) is 7.11 Å². The fraction of sp³-hybridized carbons (Fsp3) is 0.515. The SMILES string of the molecule is C.C=C(C)C.C=C(C)C(C)C(C)c1ccc(OC)cc1.CC.CCCC.Cc1ccccc1C. The van der Waals surface area contributed by atoms with E-state index in [4.69, 9.17) is 4.74 Å². The summed E-state index contributed by atoms with van der Waals surface area (Å²) in [6.07, 6.45) is 2.64. The molecule has 2 aromatic carbocycles. The molecule has 0 radical (unpaired) electrons. The lowest BCUT2D eigenvalue weighted by atomic mass is 9.85. The Labute approximate surface area is 215 Å². The molecule has 2 unspecified atom stereocenters. The molecule has 0 amide bonds. The third kappa shape index (κ3) is 21.6. The van der Waals surface area contributed by atoms with Crippen LogP contribution in [0.4, 0.5) is 0 Å². The zero-order chi connectivity index (χ0) is 26.4. The Morgan fingerprint density at radius 3 is 1.38 bits per heavy atom. The van der Waals surface area contributed by atoms with E-state index >= 15 is 0 Å². The van der Waals surface area contributed by atoms with E-state index in [9.17, 15) is 0 Å². The van der Waals surface area contributed by atoms with E-state index < -0.39 is 0 Å². The highest BCUT2D eigenvalue weighted by molar-refractivity contribution is 5.30. The Morgan fingerprint density at radius 1 is 0.794 bits per heavy atom. The lowest BCUT2D eigenvalue weighted by Crippen LogP contribution is -2.06. The molecule has 0 bridgehead atoms. The summed E-state index contributed by atoms with van der Waals surface area (Å²) in [5, 5.41) is 0. The average molecular weight is 471 g/mol. The van der Waals surface area contributed by atoms with Gasteiger partial charge in [0.05, 0.1) is 7.11 Å². The second kappa shape index (κ2) is 25.3. The van der Waals surface area contributed by atoms with Gasteiger partial charge in [-0.2, -0.15) is 0 Å². The summed E-state index contributed by atoms with van der Waals surface area (Å²) in [6, 6.07) is 16.6. The van der Waals surface area contributed by atoms with Crippen molar-refractivity contribution in [3.63, 3.8) is 0 Å². The lowest BCUT2D eigenvalue weighted by Gasteiger charge is -2.20. The van der Waals surface area contributed by atoms with Gasteiger partial charge in [-0.25, -0.2) is 0 Å². The first kappa shape index (κ1) is 39.0. The van der Waals surface area contributed by atoms with E-state index in [0.29, 0.717) is 11.8 Å². The van der Waals surface area contributed by atoms with Gasteiger partial charge in [-0.05, 0) is 75.3 Å². The minimum Gasteiger partial charge on any atom is -0.497 e. The predicted octanol–water partition coefficient (Wildman–Crippen LogP) is 11.4. The van der Waals surface area contributed by atoms with Crippen LogP contribution < -0.4 is 4.74 Å². The van der Waals surface area contributed by atoms with Gasteiger partial charge in [0, 0.05) is 0 Å². The van der Waals surface area contributed by atoms with Gasteiger partial charge in [-0.3, -0.25) is 0 Å². The molecule has 0 aliphatic rings. The van der Waals surface area contributed by atoms with Gasteiger partial charge < -0.3 is 4.74 Å². The summed E-state index contributed by atoms with van der Waals surface area (Å²) >= 11 is 0. The largest absolute Gasteiger partial charge is 0.497 e. The Morgan fingerprint density at radius 2 is 1.15 bits per heavy atom. The normalized spacial score (nSPS) is 10.4. The topological polar surface area (TPSA) is 9.23 Å². The maximum atomic E-state index is 5.14. The molecule has 34 heavy (non-hydrogen) atoms. The summed E-state index contributed by atoms with van der Waals surface area (Å²) in [4.78, 5) is 0. The number of unbranched alkanes of at least 4 members (excludes halogenated alkanes) is 1. The summed E-state index contributed by atoms with van der Waals surface area (Å²) in [5.74, 6) is 1.93. The zero-order valence-electron chi connectivity index (χ0n) is 24.0. The van der Waals surface area contributed by atoms with Crippen molar-refractivity contribution in [2.24, 2.45) is 5.92 Å². The van der Waals surface area contributed by atoms with Gasteiger partial charge in [0.1, 0.15) is 5.75 Å². The molecule has 0 N–H and O–H groups in total. The van der Waals surface area contributed by atoms with E-state index in [0.717, 1.165) is 5.75 Å². The lowest BCUT2D eigenvalue weighted by molar-refractivity contribution is 0.414. The molecular formula is C33H58O. The maximum Gasteiger partial charge on any atom is 0.118 e. The van der Waals surface area contributed by atoms with E-state index in [1.807, 2.05) is 39.8 Å². The molecule has 0 saturated carbocycles. The molecule has 1 heteroatoms. The molecule has 0 aromatic heterocycles. The molecule has 196 valence electrons. The van der Waals surface area contributed by atoms with Crippen LogP contribution in [0, 0.1) is 19.8 Å². The predicted molar refractivity (Wildman–Crippen MR) is 160 cm³/mol. The molecule has 2 aromatic rings. The van der Waals surface area contributed by atoms with Crippen molar-refractivity contribution >= 4 is 0 Å². The Bertz CT molecular complexity index is 697. The van der Waals surface area contributed by atoms with Crippen molar-refractivity contribution < 1.29 is 4.74 Å². The van der Waals surface area contributed by atoms with Crippen molar-refractivity contribution in [3.8, 4) is 5.75 Å². The summed E-state index contributed by atoms with van der Waals surface area (Å²) in [6.45, 7) is 30.7. The van der Waals surface area contributed by atoms with Crippen molar-refractivity contribution in [3.05, 3.63) is 89.5 Å². The van der Waals surface area contributed by atoms with Crippen LogP contribution in [0.3, 0.4) is 0 Å². The first-order valence-corrected chi connectivity index (χ1v) is 12.4. The standard InChI is InChI=1S/C14H20O.C8H10.C4H8.C4H10.C2H6.CH4/c1-10(2)11(3)12(4)13-6-8-14(15-5)9-7-13;1-7-5-3-4-6-8(7)2;1-4(2)3;1-3-4-2;1-2;/h6-9,11-12H,1H2,2-5H3;3-6H,1-2H3;1H2,2-3H3;3-4H2,1-2H3;1-2H3;1H4. The van der Waals surface area contributed by atoms with Gasteiger partial charge in [0.2, 0.25) is 0 Å². The second-order valence-corrected chi connectivity index (χ2v) is 8.49. The van der Waals surface area contributed by atoms with Crippen LogP contribution in [0.25, 0.3) is 0 Å². The van der Waals surface area contributed by atoms with E-state index in [1.165, 1.54) is 40.7 Å². The number of rotatable bonds is 5. The number of benzene rings is 2. The number of allylic oxidation sites excluding steroid dienone is 2. The third-order valence-electron chi connectivity index (χ3n) is 5.09. The average Bonchev–Trinajstić information content (AvgIpc) is 2.81. The van der Waals surface area contributed by atoms with Crippen LogP contribution in [-0.4, -0.2) is 7.11 Å². The molecule has 2 atom stereocenters. The Kier molecular flexibility index (Phi) is 29.0. The maximum absolute atomic E-state index is 5.14. The van der Waals surface area contributed by atoms with Crippen LogP contribution in [0.1, 0.15) is 105 Å². The number of hydrogen-bond donors (Lipinski definition) is 0. The highest BCUT2D eigenvalue weighted by Gasteiger charge is 2.14. The monoisotopic (exact) mass is 470 g/mol. The van der Waals surface area contributed by atoms with Crippen LogP contribution in [0.5, 0.6) is 5.75 Å². The first-order valence-electron chi connectivity index (χ1n) is 12.4. The molecule has 0 aliphatic heterocycles. The smallest absolute Gasteiger partial charge is 0.118 e. The number of ether oxygens (including phenoxy) is 1. The molecule has 0 saturated heterocycles. The van der Waals surface area contributed by atoms with Crippen molar-refractivity contribution in [2.75, 3.05) is 7.11 Å². The highest BCUT2D eigenvalue weighted by atomic mass is 16.5. The molecule has 1 nitrogen and oxygen atoms in total. The van der Waals surface area contributed by atoms with Crippen LogP contribution in [0.2, 0.25) is 0 Å². The minimum atomic E-state index is 0. The van der Waals surface area contributed by atoms with E-state index in [-0.39, 0.29) is 7.43 Å². The van der Waals surface area contributed by atoms with Gasteiger partial charge >= 0.3 is 0 Å². The van der Waals surface area contributed by atoms with Gasteiger partial charge in [-0.15, -0.1) is 6.58 Å². The summed E-state index contributed by atoms with van der Waals surface area (Å²) < 4.78 is 5.14. The number of hydrogen-bond acceptors (Lipinski definition) is 1. The quantitative estimate of drug-likeness (QED) is 0.395. The van der Waals surface area contributed by atoms with Crippen LogP contribution in [0.15, 0.2) is 72.8 Å². The number of methoxy groups -OCH3 is 1. The minimum absolute atomic E-state index is 0. The summed E-state index contributed by atoms with van der Waals surface area (Å²) in [7, 11) is 1.69. The number of aryl methyl sites for hydroxylation is 2. The van der Waals surface area contributed by atoms with Gasteiger partial charge in [-0.1, -0.05) is 116 Å². The fourth-order valence-corrected chi connectivity index (χ4v) is 2.29. The molecular weight excluding hydrogens is 412 g/mol. The molecule has 0 heterocycles. The van der Waals surface area contributed by atoms with E-state index in [2.05, 4.69) is 98.0 Å². The molecule has 0 spiro atoms. The van der Waals surface area contributed by atoms with Crippen molar-refractivity contribution in [2.45, 2.75) is 102 Å². The second-order valence-electron chi connectivity index (χ2n) is 8.49. The molecule has 2 rings (SSSR count). The van der Waals surface area contributed by atoms with Crippen molar-refractivity contribution in [1.82, 2.24) is 0 Å². The highest BCUT2D eigenvalue weighted by Crippen LogP contribution is 2.29. The first-order chi connectivity index (χ1) is 15.5.